The smallest absolute Gasteiger partial charge is 0.0807 e. The van der Waals surface area contributed by atoms with Crippen LogP contribution in [0.15, 0.2) is 35.9 Å². The van der Waals surface area contributed by atoms with Gasteiger partial charge in [0.15, 0.2) is 0 Å². The SMILES string of the molecule is CC(C)[C@@H]1CC[C@]2(C)CC[C@]3(C)[C@H](CC[C@@H]4[C@]5(C)C/C(=C/c6ccccc6)[C@@H](O)C(C)(C)[C@@H]5CC[C@@]43C)[C@@H]12. The lowest BCUT2D eigenvalue weighted by atomic mass is 9.32. The summed E-state index contributed by atoms with van der Waals surface area (Å²) in [6.45, 7) is 20.7. The maximum Gasteiger partial charge on any atom is 0.0807 e. The van der Waals surface area contributed by atoms with Crippen LogP contribution in [0.2, 0.25) is 0 Å². The normalized spacial score (nSPS) is 50.7. The summed E-state index contributed by atoms with van der Waals surface area (Å²) < 4.78 is 0. The van der Waals surface area contributed by atoms with E-state index in [9.17, 15) is 5.11 Å². The molecule has 0 saturated heterocycles. The molecule has 1 heteroatoms. The predicted octanol–water partition coefficient (Wildman–Crippen LogP) is 9.80. The van der Waals surface area contributed by atoms with Crippen molar-refractivity contribution in [3.05, 3.63) is 41.5 Å². The average Bonchev–Trinajstić information content (AvgIpc) is 3.21. The number of aliphatic hydroxyl groups excluding tert-OH is 1. The van der Waals surface area contributed by atoms with E-state index in [0.717, 1.165) is 36.0 Å². The monoisotopic (exact) mass is 516 g/mol. The number of aliphatic hydroxyl groups is 1. The molecule has 1 nitrogen and oxygen atoms in total. The first-order chi connectivity index (χ1) is 17.8. The van der Waals surface area contributed by atoms with Crippen LogP contribution in [0.1, 0.15) is 119 Å². The van der Waals surface area contributed by atoms with Crippen molar-refractivity contribution in [1.82, 2.24) is 0 Å². The van der Waals surface area contributed by atoms with Crippen molar-refractivity contribution in [1.29, 1.82) is 0 Å². The van der Waals surface area contributed by atoms with Crippen LogP contribution in [0.3, 0.4) is 0 Å². The lowest BCUT2D eigenvalue weighted by molar-refractivity contribution is -0.240. The van der Waals surface area contributed by atoms with Gasteiger partial charge in [-0.05, 0) is 132 Å². The molecule has 6 rings (SSSR count). The second-order valence-electron chi connectivity index (χ2n) is 16.8. The van der Waals surface area contributed by atoms with Crippen LogP contribution in [0.5, 0.6) is 0 Å². The van der Waals surface area contributed by atoms with E-state index >= 15 is 0 Å². The van der Waals surface area contributed by atoms with Crippen molar-refractivity contribution >= 4 is 6.08 Å². The Balaban J connectivity index is 1.40. The van der Waals surface area contributed by atoms with Crippen LogP contribution in [0.25, 0.3) is 6.08 Å². The van der Waals surface area contributed by atoms with Gasteiger partial charge in [-0.2, -0.15) is 0 Å². The van der Waals surface area contributed by atoms with Gasteiger partial charge < -0.3 is 5.11 Å². The van der Waals surface area contributed by atoms with E-state index in [-0.39, 0.29) is 16.9 Å². The molecule has 0 bridgehead atoms. The van der Waals surface area contributed by atoms with Gasteiger partial charge in [0, 0.05) is 0 Å². The third kappa shape index (κ3) is 3.51. The Bertz CT molecular complexity index is 1080. The van der Waals surface area contributed by atoms with Gasteiger partial charge in [0.05, 0.1) is 6.10 Å². The molecule has 0 aromatic heterocycles. The molecular weight excluding hydrogens is 460 g/mol. The maximum atomic E-state index is 11.8. The molecule has 0 radical (unpaired) electrons. The van der Waals surface area contributed by atoms with Gasteiger partial charge in [0.2, 0.25) is 0 Å². The third-order valence-electron chi connectivity index (χ3n) is 14.7. The number of rotatable bonds is 2. The number of fused-ring (bicyclic) bond motifs is 7. The van der Waals surface area contributed by atoms with E-state index in [4.69, 9.17) is 0 Å². The Morgan fingerprint density at radius 2 is 1.50 bits per heavy atom. The molecule has 0 unspecified atom stereocenters. The molecule has 0 heterocycles. The Morgan fingerprint density at radius 3 is 2.18 bits per heavy atom. The van der Waals surface area contributed by atoms with Crippen molar-refractivity contribution < 1.29 is 5.11 Å². The average molecular weight is 517 g/mol. The lowest BCUT2D eigenvalue weighted by Crippen LogP contribution is -2.66. The zero-order valence-electron chi connectivity index (χ0n) is 25.8. The number of hydrogen-bond acceptors (Lipinski definition) is 1. The number of benzene rings is 1. The Morgan fingerprint density at radius 1 is 0.789 bits per heavy atom. The highest BCUT2D eigenvalue weighted by Gasteiger charge is 2.70. The second kappa shape index (κ2) is 8.71. The highest BCUT2D eigenvalue weighted by atomic mass is 16.3. The first-order valence-electron chi connectivity index (χ1n) is 16.2. The summed E-state index contributed by atoms with van der Waals surface area (Å²) in [5.74, 6) is 4.86. The molecule has 5 aliphatic carbocycles. The minimum absolute atomic E-state index is 0.0912. The van der Waals surface area contributed by atoms with Gasteiger partial charge in [0.1, 0.15) is 0 Å². The van der Waals surface area contributed by atoms with Crippen LogP contribution >= 0.6 is 0 Å². The molecule has 0 aliphatic heterocycles. The molecule has 0 amide bonds. The fourth-order valence-electron chi connectivity index (χ4n) is 12.7. The summed E-state index contributed by atoms with van der Waals surface area (Å²) >= 11 is 0. The minimum Gasteiger partial charge on any atom is -0.388 e. The maximum absolute atomic E-state index is 11.8. The van der Waals surface area contributed by atoms with Gasteiger partial charge in [-0.25, -0.2) is 0 Å². The van der Waals surface area contributed by atoms with Crippen molar-refractivity contribution in [3.63, 3.8) is 0 Å². The molecule has 1 aromatic carbocycles. The zero-order valence-corrected chi connectivity index (χ0v) is 25.8. The van der Waals surface area contributed by atoms with Gasteiger partial charge in [0.25, 0.3) is 0 Å². The zero-order chi connectivity index (χ0) is 27.3. The van der Waals surface area contributed by atoms with E-state index in [1.807, 2.05) is 0 Å². The molecule has 5 aliphatic rings. The van der Waals surface area contributed by atoms with E-state index in [0.29, 0.717) is 22.2 Å². The lowest BCUT2D eigenvalue weighted by Gasteiger charge is -2.73. The summed E-state index contributed by atoms with van der Waals surface area (Å²) in [6, 6.07) is 10.7. The van der Waals surface area contributed by atoms with Crippen molar-refractivity contribution in [2.75, 3.05) is 0 Å². The fourth-order valence-corrected chi connectivity index (χ4v) is 12.7. The van der Waals surface area contributed by atoms with Gasteiger partial charge in [-0.15, -0.1) is 0 Å². The van der Waals surface area contributed by atoms with Crippen LogP contribution in [0, 0.1) is 62.6 Å². The molecule has 38 heavy (non-hydrogen) atoms. The highest BCUT2D eigenvalue weighted by Crippen LogP contribution is 2.77. The van der Waals surface area contributed by atoms with Gasteiger partial charge in [-0.3, -0.25) is 0 Å². The molecule has 10 atom stereocenters. The van der Waals surface area contributed by atoms with Crippen molar-refractivity contribution in [2.45, 2.75) is 119 Å². The fraction of sp³-hybridized carbons (Fsp3) is 0.784. The van der Waals surface area contributed by atoms with E-state index in [1.165, 1.54) is 62.5 Å². The first-order valence-corrected chi connectivity index (χ1v) is 16.2. The van der Waals surface area contributed by atoms with Crippen molar-refractivity contribution in [3.8, 4) is 0 Å². The largest absolute Gasteiger partial charge is 0.388 e. The van der Waals surface area contributed by atoms with E-state index < -0.39 is 0 Å². The standard InChI is InChI=1S/C37H56O/c1-24(2)27-16-18-34(5)20-21-36(7)28(31(27)34)14-15-30-35(6)23-26(22-25-12-10-9-11-13-25)32(38)33(3,4)29(35)17-19-37(30,36)8/h9-13,22,24,27-32,38H,14-21,23H2,1-8H3/b26-22-/t27-,28+,29-,30+,31+,32+,34+,35+,36+,37-/m0/s1. The summed E-state index contributed by atoms with van der Waals surface area (Å²) in [6.07, 6.45) is 14.3. The molecule has 1 N–H and O–H groups in total. The van der Waals surface area contributed by atoms with Crippen LogP contribution in [-0.4, -0.2) is 11.2 Å². The second-order valence-corrected chi connectivity index (χ2v) is 16.8. The molecule has 0 spiro atoms. The Hall–Kier alpha value is -1.08. The summed E-state index contributed by atoms with van der Waals surface area (Å²) in [7, 11) is 0. The molecule has 210 valence electrons. The summed E-state index contributed by atoms with van der Waals surface area (Å²) in [5.41, 5.74) is 4.08. The van der Waals surface area contributed by atoms with Crippen LogP contribution in [-0.2, 0) is 0 Å². The molecular formula is C37H56O. The van der Waals surface area contributed by atoms with Crippen LogP contribution in [0.4, 0.5) is 0 Å². The molecule has 5 fully saturated rings. The van der Waals surface area contributed by atoms with Gasteiger partial charge >= 0.3 is 0 Å². The Labute approximate surface area is 234 Å². The van der Waals surface area contributed by atoms with Crippen LogP contribution < -0.4 is 0 Å². The summed E-state index contributed by atoms with van der Waals surface area (Å²) in [5, 5.41) is 11.8. The van der Waals surface area contributed by atoms with E-state index in [2.05, 4.69) is 91.8 Å². The predicted molar refractivity (Wildman–Crippen MR) is 160 cm³/mol. The quantitative estimate of drug-likeness (QED) is 0.415. The molecule has 1 aromatic rings. The Kier molecular flexibility index (Phi) is 6.21. The van der Waals surface area contributed by atoms with Crippen molar-refractivity contribution in [2.24, 2.45) is 62.6 Å². The van der Waals surface area contributed by atoms with E-state index in [1.54, 1.807) is 0 Å². The third-order valence-corrected chi connectivity index (χ3v) is 14.7. The molecule has 5 saturated carbocycles. The summed E-state index contributed by atoms with van der Waals surface area (Å²) in [4.78, 5) is 0. The number of hydrogen-bond donors (Lipinski definition) is 1. The topological polar surface area (TPSA) is 20.2 Å². The first kappa shape index (κ1) is 27.1. The van der Waals surface area contributed by atoms with Gasteiger partial charge in [-0.1, -0.05) is 91.8 Å². The minimum atomic E-state index is -0.349. The highest BCUT2D eigenvalue weighted by molar-refractivity contribution is 5.55.